The Morgan fingerprint density at radius 3 is 2.83 bits per heavy atom. The molecule has 0 bridgehead atoms. The third-order valence-corrected chi connectivity index (χ3v) is 5.05. The van der Waals surface area contributed by atoms with E-state index in [4.69, 9.17) is 13.6 Å². The zero-order valence-corrected chi connectivity index (χ0v) is 19.1. The second kappa shape index (κ2) is 9.87. The molecule has 2 amide bonds. The number of aromatic nitrogens is 1. The molecular weight excluding hydrogens is 446 g/mol. The zero-order chi connectivity index (χ0) is 27.5. The number of para-hydroxylation sites is 1. The van der Waals surface area contributed by atoms with Gasteiger partial charge in [-0.15, -0.1) is 0 Å². The fourth-order valence-electron chi connectivity index (χ4n) is 3.33. The van der Waals surface area contributed by atoms with Crippen molar-refractivity contribution >= 4 is 17.5 Å². The summed E-state index contributed by atoms with van der Waals surface area (Å²) in [4.78, 5) is 31.5. The number of amides is 2. The van der Waals surface area contributed by atoms with Gasteiger partial charge >= 0.3 is 0 Å². The number of benzene rings is 2. The van der Waals surface area contributed by atoms with Crippen LogP contribution >= 0.6 is 0 Å². The number of rotatable bonds is 4. The fraction of sp³-hybridized carbons (Fsp3) is 0.222. The first kappa shape index (κ1) is 20.1. The summed E-state index contributed by atoms with van der Waals surface area (Å²) in [6.07, 6.45) is 1.44. The lowest BCUT2D eigenvalue weighted by Gasteiger charge is -2.20. The van der Waals surface area contributed by atoms with E-state index in [0.717, 1.165) is 6.92 Å². The minimum absolute atomic E-state index is 0.0644. The van der Waals surface area contributed by atoms with Crippen molar-refractivity contribution in [3.63, 3.8) is 0 Å². The van der Waals surface area contributed by atoms with Crippen LogP contribution in [0.2, 0.25) is 0 Å². The van der Waals surface area contributed by atoms with Crippen molar-refractivity contribution in [2.45, 2.75) is 25.4 Å². The Morgan fingerprint density at radius 1 is 1.26 bits per heavy atom. The Bertz CT molecular complexity index is 1410. The number of fused-ring (bicyclic) bond motifs is 1. The van der Waals surface area contributed by atoms with E-state index in [1.54, 1.807) is 36.4 Å². The number of carbonyl (C=O) groups excluding carboxylic acids is 2. The monoisotopic (exact) mass is 474 g/mol. The molecule has 2 atom stereocenters. The van der Waals surface area contributed by atoms with Gasteiger partial charge < -0.3 is 24.8 Å². The molecule has 2 N–H and O–H groups in total. The van der Waals surface area contributed by atoms with Crippen molar-refractivity contribution in [2.24, 2.45) is 0 Å². The van der Waals surface area contributed by atoms with E-state index in [1.807, 2.05) is 18.2 Å². The van der Waals surface area contributed by atoms with Gasteiger partial charge in [-0.3, -0.25) is 14.6 Å². The van der Waals surface area contributed by atoms with Gasteiger partial charge in [-0.2, -0.15) is 0 Å². The van der Waals surface area contributed by atoms with E-state index in [-0.39, 0.29) is 12.3 Å². The normalized spacial score (nSPS) is 18.1. The minimum Gasteiger partial charge on any atom is -0.489 e. The molecule has 1 aliphatic rings. The van der Waals surface area contributed by atoms with Crippen LogP contribution in [0.3, 0.4) is 0 Å². The quantitative estimate of drug-likeness (QED) is 0.564. The molecule has 8 nitrogen and oxygen atoms in total. The molecule has 35 heavy (non-hydrogen) atoms. The van der Waals surface area contributed by atoms with E-state index in [2.05, 4.69) is 22.1 Å². The Labute approximate surface area is 207 Å². The lowest BCUT2D eigenvalue weighted by Crippen LogP contribution is -2.49. The number of nitrogens with one attached hydrogen (secondary N) is 1. The number of aliphatic hydroxyl groups is 1. The molecule has 0 radical (unpaired) electrons. The number of ether oxygens (including phenoxy) is 2. The number of likely N-dealkylation sites (N-methyl/N-ethyl adjacent to an activating group) is 1. The summed E-state index contributed by atoms with van der Waals surface area (Å²) in [5, 5.41) is 12.8. The van der Waals surface area contributed by atoms with Crippen LogP contribution in [-0.4, -0.2) is 47.2 Å². The maximum atomic E-state index is 13.2. The van der Waals surface area contributed by atoms with Crippen LogP contribution in [0.1, 0.15) is 33.9 Å². The van der Waals surface area contributed by atoms with Crippen molar-refractivity contribution in [2.75, 3.05) is 18.6 Å². The van der Waals surface area contributed by atoms with Gasteiger partial charge in [0.15, 0.2) is 0 Å². The first-order chi connectivity index (χ1) is 17.9. The third-order valence-electron chi connectivity index (χ3n) is 5.05. The molecule has 178 valence electrons. The summed E-state index contributed by atoms with van der Waals surface area (Å²) in [6.45, 7) is -1.70. The molecular formula is C27H25N3O5. The molecule has 2 aromatic carbocycles. The molecule has 0 saturated heterocycles. The first-order valence-electron chi connectivity index (χ1n) is 12.2. The highest BCUT2D eigenvalue weighted by Crippen LogP contribution is 2.31. The molecule has 8 heteroatoms. The number of hydrogen-bond acceptors (Lipinski definition) is 6. The number of anilines is 1. The van der Waals surface area contributed by atoms with Crippen LogP contribution in [0.4, 0.5) is 5.69 Å². The van der Waals surface area contributed by atoms with Gasteiger partial charge in [0.1, 0.15) is 41.2 Å². The van der Waals surface area contributed by atoms with Gasteiger partial charge in [-0.25, -0.2) is 0 Å². The molecule has 4 rings (SSSR count). The van der Waals surface area contributed by atoms with Crippen LogP contribution in [0.25, 0.3) is 0 Å². The standard InChI is InChI=1S/C27H25N3O5/c1-27(2,33)13-11-18-9-10-24-23(15-18)30(3)26(32)22(17-34-24)29-25(31)21-16-20(12-14-28-21)35-19-7-5-4-6-8-19/h4-10,12,14-16,22,33H,17H2,1-3H3,(H,29,31)/t22-/m1/s1/i1D3/t22-,27?. The van der Waals surface area contributed by atoms with Gasteiger partial charge in [-0.05, 0) is 50.2 Å². The van der Waals surface area contributed by atoms with Gasteiger partial charge in [0.2, 0.25) is 0 Å². The lowest BCUT2D eigenvalue weighted by molar-refractivity contribution is -0.120. The van der Waals surface area contributed by atoms with Crippen LogP contribution in [0, 0.1) is 11.8 Å². The largest absolute Gasteiger partial charge is 0.489 e. The summed E-state index contributed by atoms with van der Waals surface area (Å²) in [6, 6.07) is 15.9. The molecule has 0 fully saturated rings. The van der Waals surface area contributed by atoms with Crippen LogP contribution in [0.15, 0.2) is 66.9 Å². The smallest absolute Gasteiger partial charge is 0.270 e. The lowest BCUT2D eigenvalue weighted by atomic mass is 10.1. The zero-order valence-electron chi connectivity index (χ0n) is 22.1. The van der Waals surface area contributed by atoms with Gasteiger partial charge in [0.25, 0.3) is 11.8 Å². The van der Waals surface area contributed by atoms with E-state index in [0.29, 0.717) is 28.5 Å². The van der Waals surface area contributed by atoms with Crippen molar-refractivity contribution in [3.8, 4) is 29.1 Å². The molecule has 3 aromatic rings. The third kappa shape index (κ3) is 5.96. The minimum atomic E-state index is -2.69. The van der Waals surface area contributed by atoms with Crippen LogP contribution < -0.4 is 19.7 Å². The Hall–Kier alpha value is -4.35. The average Bonchev–Trinajstić information content (AvgIpc) is 2.99. The number of nitrogens with zero attached hydrogens (tertiary/aromatic N) is 2. The van der Waals surface area contributed by atoms with Crippen molar-refractivity contribution < 1.29 is 28.3 Å². The Kier molecular flexibility index (Phi) is 5.66. The predicted molar refractivity (Wildman–Crippen MR) is 131 cm³/mol. The van der Waals surface area contributed by atoms with Crippen LogP contribution in [-0.2, 0) is 4.79 Å². The highest BCUT2D eigenvalue weighted by atomic mass is 16.5. The highest BCUT2D eigenvalue weighted by Gasteiger charge is 2.31. The molecule has 0 saturated carbocycles. The Balaban J connectivity index is 1.49. The first-order valence-corrected chi connectivity index (χ1v) is 10.7. The molecule has 1 aromatic heterocycles. The maximum Gasteiger partial charge on any atom is 0.270 e. The average molecular weight is 475 g/mol. The SMILES string of the molecule is [2H]C([2H])([2H])C(C)(O)C#Cc1ccc2c(c1)N(C)C(=O)[C@H](NC(=O)c1cc(Oc3ccccc3)ccn1)CO2. The van der Waals surface area contributed by atoms with E-state index >= 15 is 0 Å². The summed E-state index contributed by atoms with van der Waals surface area (Å²) in [7, 11) is 1.53. The van der Waals surface area contributed by atoms with Crippen molar-refractivity contribution in [1.82, 2.24) is 10.3 Å². The molecule has 2 heterocycles. The van der Waals surface area contributed by atoms with E-state index in [1.165, 1.54) is 24.2 Å². The van der Waals surface area contributed by atoms with Gasteiger partial charge in [0.05, 0.1) is 5.69 Å². The predicted octanol–water partition coefficient (Wildman–Crippen LogP) is 3.15. The second-order valence-corrected chi connectivity index (χ2v) is 8.03. The van der Waals surface area contributed by atoms with Gasteiger partial charge in [0, 0.05) is 29.0 Å². The highest BCUT2D eigenvalue weighted by molar-refractivity contribution is 6.03. The topological polar surface area (TPSA) is 101 Å². The summed E-state index contributed by atoms with van der Waals surface area (Å²) in [5.41, 5.74) is -1.39. The molecule has 1 unspecified atom stereocenters. The fourth-order valence-corrected chi connectivity index (χ4v) is 3.33. The maximum absolute atomic E-state index is 13.2. The van der Waals surface area contributed by atoms with Gasteiger partial charge in [-0.1, -0.05) is 30.0 Å². The molecule has 0 aliphatic carbocycles. The number of pyridine rings is 1. The van der Waals surface area contributed by atoms with E-state index < -0.39 is 30.3 Å². The van der Waals surface area contributed by atoms with Crippen LogP contribution in [0.5, 0.6) is 17.2 Å². The van der Waals surface area contributed by atoms with Crippen molar-refractivity contribution in [1.29, 1.82) is 0 Å². The van der Waals surface area contributed by atoms with E-state index in [9.17, 15) is 14.7 Å². The number of carbonyl (C=O) groups is 2. The van der Waals surface area contributed by atoms with Crippen molar-refractivity contribution in [3.05, 3.63) is 78.1 Å². The number of hydrogen-bond donors (Lipinski definition) is 2. The summed E-state index contributed by atoms with van der Waals surface area (Å²) >= 11 is 0. The summed E-state index contributed by atoms with van der Waals surface area (Å²) < 4.78 is 33.7. The molecule has 1 aliphatic heterocycles. The second-order valence-electron chi connectivity index (χ2n) is 8.03. The molecule has 0 spiro atoms. The summed E-state index contributed by atoms with van der Waals surface area (Å²) in [5.74, 6) is 5.37. The Morgan fingerprint density at radius 2 is 2.06 bits per heavy atom.